The Kier molecular flexibility index (Phi) is 7.18. The van der Waals surface area contributed by atoms with Crippen molar-refractivity contribution in [3.05, 3.63) is 200 Å². The van der Waals surface area contributed by atoms with Gasteiger partial charge in [-0.2, -0.15) is 0 Å². The SMILES string of the molecule is c1ccc(Nc2cc(-c3ccc(-c4c5ccccc5c(-c5ccccc5)c5ccccc45)cc3)c3c(c2)c2ccccc2n3-c2ccccc2)cc1. The van der Waals surface area contributed by atoms with Crippen LogP contribution >= 0.6 is 0 Å². The predicted molar refractivity (Wildman–Crippen MR) is 222 cm³/mol. The van der Waals surface area contributed by atoms with Gasteiger partial charge in [0, 0.05) is 33.4 Å². The molecule has 9 aromatic carbocycles. The Morgan fingerprint density at radius 2 is 0.788 bits per heavy atom. The van der Waals surface area contributed by atoms with Crippen molar-refractivity contribution in [2.24, 2.45) is 0 Å². The summed E-state index contributed by atoms with van der Waals surface area (Å²) in [4.78, 5) is 0. The van der Waals surface area contributed by atoms with Crippen LogP contribution < -0.4 is 5.32 Å². The van der Waals surface area contributed by atoms with E-state index >= 15 is 0 Å². The zero-order chi connectivity index (χ0) is 34.4. The number of hydrogen-bond donors (Lipinski definition) is 1. The normalized spacial score (nSPS) is 11.5. The minimum absolute atomic E-state index is 1.06. The first-order chi connectivity index (χ1) is 25.8. The van der Waals surface area contributed by atoms with Crippen LogP contribution in [0.4, 0.5) is 11.4 Å². The second-order valence-corrected chi connectivity index (χ2v) is 13.4. The van der Waals surface area contributed by atoms with Gasteiger partial charge in [-0.1, -0.05) is 158 Å². The van der Waals surface area contributed by atoms with E-state index in [9.17, 15) is 0 Å². The molecule has 0 saturated heterocycles. The van der Waals surface area contributed by atoms with E-state index in [0.717, 1.165) is 17.1 Å². The number of para-hydroxylation sites is 3. The van der Waals surface area contributed by atoms with E-state index in [0.29, 0.717) is 0 Å². The van der Waals surface area contributed by atoms with Crippen molar-refractivity contribution in [1.29, 1.82) is 0 Å². The first-order valence-electron chi connectivity index (χ1n) is 17.9. The van der Waals surface area contributed by atoms with Gasteiger partial charge in [0.2, 0.25) is 0 Å². The molecule has 52 heavy (non-hydrogen) atoms. The largest absolute Gasteiger partial charge is 0.355 e. The van der Waals surface area contributed by atoms with Crippen LogP contribution in [-0.4, -0.2) is 4.57 Å². The van der Waals surface area contributed by atoms with Crippen molar-refractivity contribution in [3.63, 3.8) is 0 Å². The maximum absolute atomic E-state index is 3.71. The number of fused-ring (bicyclic) bond motifs is 5. The summed E-state index contributed by atoms with van der Waals surface area (Å²) in [7, 11) is 0. The van der Waals surface area contributed by atoms with Crippen molar-refractivity contribution in [1.82, 2.24) is 4.57 Å². The maximum Gasteiger partial charge on any atom is 0.0620 e. The van der Waals surface area contributed by atoms with E-state index in [-0.39, 0.29) is 0 Å². The molecular formula is C50H34N2. The molecule has 1 aromatic heterocycles. The highest BCUT2D eigenvalue weighted by Crippen LogP contribution is 2.45. The lowest BCUT2D eigenvalue weighted by Gasteiger charge is -2.18. The van der Waals surface area contributed by atoms with Crippen LogP contribution in [0.5, 0.6) is 0 Å². The summed E-state index contributed by atoms with van der Waals surface area (Å²) in [5, 5.41) is 11.2. The van der Waals surface area contributed by atoms with Crippen molar-refractivity contribution in [2.75, 3.05) is 5.32 Å². The highest BCUT2D eigenvalue weighted by molar-refractivity contribution is 6.21. The van der Waals surface area contributed by atoms with Crippen molar-refractivity contribution < 1.29 is 0 Å². The summed E-state index contributed by atoms with van der Waals surface area (Å²) in [5.41, 5.74) is 13.0. The Labute approximate surface area is 302 Å². The predicted octanol–water partition coefficient (Wildman–Crippen LogP) is 13.8. The summed E-state index contributed by atoms with van der Waals surface area (Å²) in [6, 6.07) is 72.2. The van der Waals surface area contributed by atoms with Gasteiger partial charge in [-0.15, -0.1) is 0 Å². The summed E-state index contributed by atoms with van der Waals surface area (Å²) < 4.78 is 2.42. The van der Waals surface area contributed by atoms with Crippen molar-refractivity contribution in [3.8, 4) is 39.1 Å². The number of benzene rings is 9. The minimum atomic E-state index is 1.06. The molecule has 2 heteroatoms. The van der Waals surface area contributed by atoms with Gasteiger partial charge in [-0.25, -0.2) is 0 Å². The Morgan fingerprint density at radius 1 is 0.327 bits per heavy atom. The quantitative estimate of drug-likeness (QED) is 0.175. The van der Waals surface area contributed by atoms with E-state index in [2.05, 4.69) is 210 Å². The zero-order valence-corrected chi connectivity index (χ0v) is 28.5. The van der Waals surface area contributed by atoms with Gasteiger partial charge >= 0.3 is 0 Å². The van der Waals surface area contributed by atoms with Gasteiger partial charge in [0.15, 0.2) is 0 Å². The molecule has 10 rings (SSSR count). The third-order valence-corrected chi connectivity index (χ3v) is 10.3. The van der Waals surface area contributed by atoms with E-state index < -0.39 is 0 Å². The maximum atomic E-state index is 3.71. The molecule has 1 heterocycles. The first kappa shape index (κ1) is 30.0. The second kappa shape index (κ2) is 12.5. The molecule has 2 nitrogen and oxygen atoms in total. The van der Waals surface area contributed by atoms with Crippen LogP contribution in [0.3, 0.4) is 0 Å². The third-order valence-electron chi connectivity index (χ3n) is 10.3. The van der Waals surface area contributed by atoms with Gasteiger partial charge in [0.1, 0.15) is 0 Å². The molecule has 0 spiro atoms. The molecule has 0 saturated carbocycles. The highest BCUT2D eigenvalue weighted by atomic mass is 15.0. The molecular weight excluding hydrogens is 629 g/mol. The summed E-state index contributed by atoms with van der Waals surface area (Å²) in [6.07, 6.45) is 0. The van der Waals surface area contributed by atoms with Gasteiger partial charge in [-0.05, 0) is 91.8 Å². The molecule has 0 radical (unpaired) electrons. The molecule has 10 aromatic rings. The number of aromatic nitrogens is 1. The lowest BCUT2D eigenvalue weighted by Crippen LogP contribution is -1.97. The number of nitrogens with zero attached hydrogens (tertiary/aromatic N) is 1. The Balaban J connectivity index is 1.21. The van der Waals surface area contributed by atoms with E-state index in [4.69, 9.17) is 0 Å². The first-order valence-corrected chi connectivity index (χ1v) is 17.9. The monoisotopic (exact) mass is 662 g/mol. The molecule has 0 amide bonds. The van der Waals surface area contributed by atoms with Crippen molar-refractivity contribution in [2.45, 2.75) is 0 Å². The lowest BCUT2D eigenvalue weighted by atomic mass is 9.85. The summed E-state index contributed by atoms with van der Waals surface area (Å²) in [5.74, 6) is 0. The third kappa shape index (κ3) is 4.96. The van der Waals surface area contributed by atoms with Crippen LogP contribution in [0.25, 0.3) is 82.4 Å². The number of nitrogens with one attached hydrogen (secondary N) is 1. The molecule has 0 aliphatic rings. The fourth-order valence-electron chi connectivity index (χ4n) is 8.09. The average Bonchev–Trinajstić information content (AvgIpc) is 3.55. The Hall–Kier alpha value is -6.90. The Morgan fingerprint density at radius 3 is 1.38 bits per heavy atom. The van der Waals surface area contributed by atoms with Gasteiger partial charge in [-0.3, -0.25) is 0 Å². The van der Waals surface area contributed by atoms with Gasteiger partial charge < -0.3 is 9.88 Å². The molecule has 0 unspecified atom stereocenters. The topological polar surface area (TPSA) is 17.0 Å². The van der Waals surface area contributed by atoms with Crippen LogP contribution in [0, 0.1) is 0 Å². The van der Waals surface area contributed by atoms with E-state index in [1.165, 1.54) is 76.7 Å². The van der Waals surface area contributed by atoms with Crippen molar-refractivity contribution >= 4 is 54.7 Å². The molecule has 0 aliphatic carbocycles. The van der Waals surface area contributed by atoms with Crippen LogP contribution in [0.1, 0.15) is 0 Å². The molecule has 0 fully saturated rings. The smallest absolute Gasteiger partial charge is 0.0620 e. The molecule has 0 aliphatic heterocycles. The molecule has 0 bridgehead atoms. The Bertz CT molecular complexity index is 2830. The average molecular weight is 663 g/mol. The van der Waals surface area contributed by atoms with E-state index in [1.54, 1.807) is 0 Å². The molecule has 0 atom stereocenters. The number of rotatable bonds is 6. The fraction of sp³-hybridized carbons (Fsp3) is 0. The van der Waals surface area contributed by atoms with Crippen LogP contribution in [-0.2, 0) is 0 Å². The fourth-order valence-corrected chi connectivity index (χ4v) is 8.09. The van der Waals surface area contributed by atoms with Crippen LogP contribution in [0.15, 0.2) is 200 Å². The minimum Gasteiger partial charge on any atom is -0.355 e. The molecule has 244 valence electrons. The zero-order valence-electron chi connectivity index (χ0n) is 28.5. The standard InChI is InChI=1S/C50H34N2/c1-4-16-35(17-5-1)48-41-23-10-12-25-43(41)49(44-26-13-11-24-42(44)48)36-30-28-34(29-31-36)45-32-38(51-37-18-6-2-7-19-37)33-46-40-22-14-15-27-47(40)52(50(45)46)39-20-8-3-9-21-39/h1-33,51H. The van der Waals surface area contributed by atoms with Gasteiger partial charge in [0.25, 0.3) is 0 Å². The summed E-state index contributed by atoms with van der Waals surface area (Å²) in [6.45, 7) is 0. The number of hydrogen-bond acceptors (Lipinski definition) is 1. The van der Waals surface area contributed by atoms with Crippen LogP contribution in [0.2, 0.25) is 0 Å². The van der Waals surface area contributed by atoms with Gasteiger partial charge in [0.05, 0.1) is 11.0 Å². The second-order valence-electron chi connectivity index (χ2n) is 13.4. The molecule has 1 N–H and O–H groups in total. The highest BCUT2D eigenvalue weighted by Gasteiger charge is 2.20. The van der Waals surface area contributed by atoms with E-state index in [1.807, 2.05) is 0 Å². The number of anilines is 2. The summed E-state index contributed by atoms with van der Waals surface area (Å²) >= 11 is 0. The lowest BCUT2D eigenvalue weighted by molar-refractivity contribution is 1.18.